The van der Waals surface area contributed by atoms with E-state index >= 15 is 0 Å². The lowest BCUT2D eigenvalue weighted by Gasteiger charge is -2.11. The van der Waals surface area contributed by atoms with Crippen molar-refractivity contribution in [2.75, 3.05) is 26.6 Å². The second-order valence-corrected chi connectivity index (χ2v) is 4.90. The van der Waals surface area contributed by atoms with Gasteiger partial charge in [-0.3, -0.25) is 4.98 Å². The molecule has 2 amide bonds. The topological polar surface area (TPSA) is 98.8 Å². The van der Waals surface area contributed by atoms with Crippen LogP contribution in [0.3, 0.4) is 0 Å². The van der Waals surface area contributed by atoms with Crippen molar-refractivity contribution in [3.8, 4) is 11.5 Å². The van der Waals surface area contributed by atoms with E-state index in [1.165, 1.54) is 27.5 Å². The van der Waals surface area contributed by atoms with Crippen LogP contribution in [0.15, 0.2) is 36.5 Å². The summed E-state index contributed by atoms with van der Waals surface area (Å²) in [7, 11) is 4.35. The van der Waals surface area contributed by atoms with Gasteiger partial charge in [0.25, 0.3) is 0 Å². The van der Waals surface area contributed by atoms with Crippen LogP contribution >= 0.6 is 0 Å². The van der Waals surface area contributed by atoms with Crippen LogP contribution in [-0.4, -0.2) is 38.3 Å². The molecule has 0 aliphatic heterocycles. The van der Waals surface area contributed by atoms with E-state index in [2.05, 4.69) is 20.4 Å². The number of urea groups is 1. The number of anilines is 1. The fraction of sp³-hybridized carbons (Fsp3) is 0.235. The molecule has 132 valence electrons. The van der Waals surface area contributed by atoms with Crippen molar-refractivity contribution in [3.05, 3.63) is 47.8 Å². The molecule has 0 spiro atoms. The maximum atomic E-state index is 12.0. The van der Waals surface area contributed by atoms with Crippen molar-refractivity contribution in [1.29, 1.82) is 0 Å². The van der Waals surface area contributed by atoms with Crippen LogP contribution in [-0.2, 0) is 11.3 Å². The molecule has 0 unspecified atom stereocenters. The number of methoxy groups -OCH3 is 3. The monoisotopic (exact) mass is 345 g/mol. The van der Waals surface area contributed by atoms with Gasteiger partial charge in [-0.15, -0.1) is 0 Å². The highest BCUT2D eigenvalue weighted by Gasteiger charge is 2.09. The highest BCUT2D eigenvalue weighted by atomic mass is 16.5. The molecule has 1 aromatic heterocycles. The van der Waals surface area contributed by atoms with Gasteiger partial charge in [-0.25, -0.2) is 9.59 Å². The lowest BCUT2D eigenvalue weighted by Crippen LogP contribution is -2.28. The molecule has 0 saturated heterocycles. The smallest absolute Gasteiger partial charge is 0.337 e. The predicted molar refractivity (Wildman–Crippen MR) is 91.0 cm³/mol. The maximum Gasteiger partial charge on any atom is 0.337 e. The number of benzene rings is 1. The van der Waals surface area contributed by atoms with Gasteiger partial charge >= 0.3 is 12.0 Å². The Bertz CT molecular complexity index is 764. The van der Waals surface area contributed by atoms with E-state index in [1.54, 1.807) is 30.3 Å². The van der Waals surface area contributed by atoms with Gasteiger partial charge in [-0.05, 0) is 24.3 Å². The zero-order chi connectivity index (χ0) is 18.2. The minimum absolute atomic E-state index is 0.157. The number of pyridine rings is 1. The number of ether oxygens (including phenoxy) is 3. The fourth-order valence-electron chi connectivity index (χ4n) is 2.08. The second kappa shape index (κ2) is 8.53. The van der Waals surface area contributed by atoms with Gasteiger partial charge < -0.3 is 24.8 Å². The van der Waals surface area contributed by atoms with Gasteiger partial charge in [0.1, 0.15) is 0 Å². The summed E-state index contributed by atoms with van der Waals surface area (Å²) < 4.78 is 15.0. The number of carbonyl (C=O) groups excluding carboxylic acids is 2. The van der Waals surface area contributed by atoms with Crippen molar-refractivity contribution in [2.45, 2.75) is 6.54 Å². The Morgan fingerprint density at radius 1 is 1.04 bits per heavy atom. The van der Waals surface area contributed by atoms with E-state index in [0.29, 0.717) is 28.4 Å². The molecule has 2 rings (SSSR count). The Morgan fingerprint density at radius 2 is 1.80 bits per heavy atom. The molecule has 0 atom stereocenters. The van der Waals surface area contributed by atoms with E-state index in [1.807, 2.05) is 0 Å². The summed E-state index contributed by atoms with van der Waals surface area (Å²) in [5.74, 6) is 0.614. The first-order valence-electron chi connectivity index (χ1n) is 7.37. The van der Waals surface area contributed by atoms with Crippen LogP contribution in [0.2, 0.25) is 0 Å². The quantitative estimate of drug-likeness (QED) is 0.779. The summed E-state index contributed by atoms with van der Waals surface area (Å²) in [6.07, 6.45) is 1.48. The average molecular weight is 345 g/mol. The van der Waals surface area contributed by atoms with E-state index in [9.17, 15) is 9.59 Å². The number of hydrogen-bond donors (Lipinski definition) is 2. The number of nitrogens with one attached hydrogen (secondary N) is 2. The summed E-state index contributed by atoms with van der Waals surface area (Å²) in [5.41, 5.74) is 1.45. The molecule has 0 saturated carbocycles. The number of nitrogens with zero attached hydrogens (tertiary/aromatic N) is 1. The highest BCUT2D eigenvalue weighted by molar-refractivity contribution is 5.90. The van der Waals surface area contributed by atoms with Gasteiger partial charge in [0, 0.05) is 18.0 Å². The third-order valence-electron chi connectivity index (χ3n) is 3.31. The van der Waals surface area contributed by atoms with E-state index < -0.39 is 12.0 Å². The number of esters is 1. The molecule has 2 aromatic rings. The molecule has 8 nitrogen and oxygen atoms in total. The van der Waals surface area contributed by atoms with Gasteiger partial charge in [0.15, 0.2) is 11.5 Å². The minimum atomic E-state index is -0.460. The first-order chi connectivity index (χ1) is 12.1. The largest absolute Gasteiger partial charge is 0.493 e. The Kier molecular flexibility index (Phi) is 6.16. The van der Waals surface area contributed by atoms with Crippen LogP contribution < -0.4 is 20.1 Å². The molecule has 0 fully saturated rings. The van der Waals surface area contributed by atoms with Gasteiger partial charge in [0.05, 0.1) is 39.1 Å². The SMILES string of the molecule is COC(=O)c1ccnc(CNC(=O)Nc2ccc(OC)c(OC)c2)c1. The van der Waals surface area contributed by atoms with Crippen molar-refractivity contribution < 1.29 is 23.8 Å². The average Bonchev–Trinajstić information content (AvgIpc) is 2.65. The maximum absolute atomic E-state index is 12.0. The first kappa shape index (κ1) is 18.1. The molecular formula is C17H19N3O5. The third kappa shape index (κ3) is 4.84. The zero-order valence-corrected chi connectivity index (χ0v) is 14.2. The molecule has 25 heavy (non-hydrogen) atoms. The molecule has 1 aromatic carbocycles. The minimum Gasteiger partial charge on any atom is -0.493 e. The van der Waals surface area contributed by atoms with Crippen LogP contribution in [0, 0.1) is 0 Å². The predicted octanol–water partition coefficient (Wildman–Crippen LogP) is 2.21. The second-order valence-electron chi connectivity index (χ2n) is 4.90. The number of carbonyl (C=O) groups is 2. The number of aromatic nitrogens is 1. The van der Waals surface area contributed by atoms with Crippen molar-refractivity contribution in [1.82, 2.24) is 10.3 Å². The number of hydrogen-bond acceptors (Lipinski definition) is 6. The summed E-state index contributed by atoms with van der Waals surface area (Å²) in [6, 6.07) is 7.71. The summed E-state index contributed by atoms with van der Waals surface area (Å²) in [4.78, 5) is 27.6. The molecule has 1 heterocycles. The summed E-state index contributed by atoms with van der Waals surface area (Å²) in [5, 5.41) is 5.34. The molecule has 0 aliphatic rings. The molecule has 8 heteroatoms. The van der Waals surface area contributed by atoms with Crippen LogP contribution in [0.25, 0.3) is 0 Å². The Hall–Kier alpha value is -3.29. The Morgan fingerprint density at radius 3 is 2.48 bits per heavy atom. The Labute approximate surface area is 145 Å². The van der Waals surface area contributed by atoms with Gasteiger partial charge in [-0.2, -0.15) is 0 Å². The zero-order valence-electron chi connectivity index (χ0n) is 14.2. The van der Waals surface area contributed by atoms with Crippen LogP contribution in [0.1, 0.15) is 16.1 Å². The van der Waals surface area contributed by atoms with Crippen LogP contribution in [0.4, 0.5) is 10.5 Å². The molecule has 2 N–H and O–H groups in total. The number of amides is 2. The molecular weight excluding hydrogens is 326 g/mol. The van der Waals surface area contributed by atoms with Crippen molar-refractivity contribution in [3.63, 3.8) is 0 Å². The van der Waals surface area contributed by atoms with E-state index in [-0.39, 0.29) is 6.54 Å². The highest BCUT2D eigenvalue weighted by Crippen LogP contribution is 2.29. The van der Waals surface area contributed by atoms with Crippen LogP contribution in [0.5, 0.6) is 11.5 Å². The lowest BCUT2D eigenvalue weighted by atomic mass is 10.2. The standard InChI is InChI=1S/C17H19N3O5/c1-23-14-5-4-12(9-15(14)24-2)20-17(22)19-10-13-8-11(6-7-18-13)16(21)25-3/h4-9H,10H2,1-3H3,(H2,19,20,22). The first-order valence-corrected chi connectivity index (χ1v) is 7.37. The third-order valence-corrected chi connectivity index (χ3v) is 3.31. The number of rotatable bonds is 6. The van der Waals surface area contributed by atoms with Crippen molar-refractivity contribution >= 4 is 17.7 Å². The van der Waals surface area contributed by atoms with E-state index in [4.69, 9.17) is 9.47 Å². The Balaban J connectivity index is 1.96. The van der Waals surface area contributed by atoms with E-state index in [0.717, 1.165) is 0 Å². The van der Waals surface area contributed by atoms with Gasteiger partial charge in [-0.1, -0.05) is 0 Å². The summed E-state index contributed by atoms with van der Waals surface area (Å²) in [6.45, 7) is 0.157. The lowest BCUT2D eigenvalue weighted by molar-refractivity contribution is 0.0600. The summed E-state index contributed by atoms with van der Waals surface area (Å²) >= 11 is 0. The molecule has 0 radical (unpaired) electrons. The normalized spacial score (nSPS) is 9.88. The van der Waals surface area contributed by atoms with Crippen molar-refractivity contribution in [2.24, 2.45) is 0 Å². The van der Waals surface area contributed by atoms with Gasteiger partial charge in [0.2, 0.25) is 0 Å². The fourth-order valence-corrected chi connectivity index (χ4v) is 2.08. The molecule has 0 aliphatic carbocycles. The molecule has 0 bridgehead atoms.